The average molecular weight is 96.8 g/mol. The molecular formula is H5ClMgO2. The SMILES string of the molecule is O.OCl.[H-].[H-].[Mg+2]. The van der Waals surface area contributed by atoms with Crippen molar-refractivity contribution in [3.05, 3.63) is 0 Å². The van der Waals surface area contributed by atoms with Gasteiger partial charge in [-0.1, -0.05) is 0 Å². The third kappa shape index (κ3) is 12.2. The zero-order valence-electron chi connectivity index (χ0n) is 4.03. The van der Waals surface area contributed by atoms with Crippen LogP contribution in [0.15, 0.2) is 0 Å². The summed E-state index contributed by atoms with van der Waals surface area (Å²) >= 11 is 3.64. The first-order valence-electron chi connectivity index (χ1n) is 0.169. The second-order valence-corrected chi connectivity index (χ2v) is 0. The molecule has 0 fully saturated rings. The number of rotatable bonds is 0. The fourth-order valence-corrected chi connectivity index (χ4v) is 0. The van der Waals surface area contributed by atoms with E-state index in [0.29, 0.717) is 0 Å². The molecule has 0 radical (unpaired) electrons. The standard InChI is InChI=1S/ClHO.Mg.H2O.2H/c1-2;;;;/h2H;;1H2;;/q;+2;;2*-1. The molecule has 0 saturated carbocycles. The van der Waals surface area contributed by atoms with Gasteiger partial charge in [-0.25, -0.2) is 0 Å². The summed E-state index contributed by atoms with van der Waals surface area (Å²) in [4.78, 5) is 0. The first kappa shape index (κ1) is 20.1. The molecular weight excluding hydrogens is 91.8 g/mol. The molecule has 0 aromatic heterocycles. The van der Waals surface area contributed by atoms with Crippen molar-refractivity contribution >= 4 is 34.9 Å². The summed E-state index contributed by atoms with van der Waals surface area (Å²) in [5.74, 6) is 0. The zero-order chi connectivity index (χ0) is 2.00. The molecule has 0 aromatic carbocycles. The molecule has 0 aromatic rings. The van der Waals surface area contributed by atoms with Gasteiger partial charge < -0.3 is 8.33 Å². The van der Waals surface area contributed by atoms with Gasteiger partial charge in [-0.2, -0.15) is 0 Å². The first-order valence-corrected chi connectivity index (χ1v) is 0.507. The van der Waals surface area contributed by atoms with Gasteiger partial charge in [-0.15, -0.1) is 0 Å². The number of halogens is 1. The van der Waals surface area contributed by atoms with Crippen molar-refractivity contribution in [1.29, 1.82) is 0 Å². The first-order chi connectivity index (χ1) is 1.00. The van der Waals surface area contributed by atoms with Crippen LogP contribution in [0.4, 0.5) is 0 Å². The van der Waals surface area contributed by atoms with Gasteiger partial charge in [0.15, 0.2) is 0 Å². The quantitative estimate of drug-likeness (QED) is 0.393. The third-order valence-electron chi connectivity index (χ3n) is 0. The molecule has 0 aliphatic carbocycles. The van der Waals surface area contributed by atoms with Crippen LogP contribution >= 0.6 is 11.9 Å². The summed E-state index contributed by atoms with van der Waals surface area (Å²) in [6.45, 7) is 0. The van der Waals surface area contributed by atoms with E-state index in [4.69, 9.17) is 4.66 Å². The van der Waals surface area contributed by atoms with E-state index in [1.54, 1.807) is 0 Å². The van der Waals surface area contributed by atoms with E-state index in [0.717, 1.165) is 0 Å². The molecule has 0 bridgehead atoms. The Balaban J connectivity index is -0.000000000833. The predicted molar refractivity (Wildman–Crippen MR) is 19.7 cm³/mol. The smallest absolute Gasteiger partial charge is 1.00 e. The van der Waals surface area contributed by atoms with Gasteiger partial charge in [-0.3, -0.25) is 4.66 Å². The van der Waals surface area contributed by atoms with Crippen LogP contribution in [0.25, 0.3) is 0 Å². The topological polar surface area (TPSA) is 51.7 Å². The van der Waals surface area contributed by atoms with Crippen molar-refractivity contribution in [3.8, 4) is 0 Å². The fraction of sp³-hybridized carbons (Fsp3) is 0. The van der Waals surface area contributed by atoms with Crippen LogP contribution in [-0.2, 0) is 0 Å². The van der Waals surface area contributed by atoms with E-state index in [1.165, 1.54) is 0 Å². The van der Waals surface area contributed by atoms with Crippen LogP contribution in [0.1, 0.15) is 2.85 Å². The molecule has 0 aliphatic heterocycles. The van der Waals surface area contributed by atoms with Gasteiger partial charge in [-0.05, 0) is 0 Å². The summed E-state index contributed by atoms with van der Waals surface area (Å²) in [6, 6.07) is 0. The second kappa shape index (κ2) is 37.0. The van der Waals surface area contributed by atoms with Gasteiger partial charge in [0, 0.05) is 0 Å². The van der Waals surface area contributed by atoms with Crippen LogP contribution in [0, 0.1) is 0 Å². The minimum absolute atomic E-state index is 0. The molecule has 0 atom stereocenters. The van der Waals surface area contributed by atoms with Crippen LogP contribution in [0.5, 0.6) is 0 Å². The van der Waals surface area contributed by atoms with E-state index in [-0.39, 0.29) is 31.4 Å². The van der Waals surface area contributed by atoms with E-state index in [9.17, 15) is 0 Å². The van der Waals surface area contributed by atoms with Gasteiger partial charge in [0.2, 0.25) is 0 Å². The van der Waals surface area contributed by atoms with Crippen molar-refractivity contribution in [2.24, 2.45) is 0 Å². The minimum Gasteiger partial charge on any atom is -1.00 e. The maximum Gasteiger partial charge on any atom is 2.00 e. The molecule has 4 heteroatoms. The van der Waals surface area contributed by atoms with Crippen molar-refractivity contribution in [2.45, 2.75) is 0 Å². The maximum absolute atomic E-state index is 6.47. The normalized spacial score (nSPS) is 1.50. The van der Waals surface area contributed by atoms with E-state index in [1.807, 2.05) is 0 Å². The van der Waals surface area contributed by atoms with Crippen molar-refractivity contribution < 1.29 is 13.0 Å². The average Bonchev–Trinajstić information content (AvgIpc) is 1.00. The van der Waals surface area contributed by atoms with E-state index in [2.05, 4.69) is 11.9 Å². The molecule has 0 saturated heterocycles. The Bertz CT molecular complexity index is 11.5. The summed E-state index contributed by atoms with van der Waals surface area (Å²) in [5.41, 5.74) is 0. The third-order valence-corrected chi connectivity index (χ3v) is 0. The van der Waals surface area contributed by atoms with Gasteiger partial charge in [0.05, 0.1) is 11.9 Å². The van der Waals surface area contributed by atoms with Crippen LogP contribution in [0.3, 0.4) is 0 Å². The summed E-state index contributed by atoms with van der Waals surface area (Å²) in [5, 5.41) is 0. The Morgan fingerprint density at radius 3 is 1.50 bits per heavy atom. The van der Waals surface area contributed by atoms with Crippen LogP contribution in [0.2, 0.25) is 0 Å². The molecule has 0 spiro atoms. The van der Waals surface area contributed by atoms with Gasteiger partial charge >= 0.3 is 23.1 Å². The van der Waals surface area contributed by atoms with Crippen molar-refractivity contribution in [3.63, 3.8) is 0 Å². The molecule has 26 valence electrons. The molecule has 0 unspecified atom stereocenters. The van der Waals surface area contributed by atoms with Crippen molar-refractivity contribution in [1.82, 2.24) is 0 Å². The molecule has 3 N–H and O–H groups in total. The van der Waals surface area contributed by atoms with E-state index >= 15 is 0 Å². The van der Waals surface area contributed by atoms with Gasteiger partial charge in [0.1, 0.15) is 0 Å². The fourth-order valence-electron chi connectivity index (χ4n) is 0. The molecule has 4 heavy (non-hydrogen) atoms. The second-order valence-electron chi connectivity index (χ2n) is 0. The summed E-state index contributed by atoms with van der Waals surface area (Å²) < 4.78 is 6.47. The summed E-state index contributed by atoms with van der Waals surface area (Å²) in [6.07, 6.45) is 0. The maximum atomic E-state index is 6.47. The molecule has 0 amide bonds. The molecule has 0 aliphatic rings. The number of hydrogen-bond acceptors (Lipinski definition) is 1. The zero-order valence-corrected chi connectivity index (χ0v) is 4.20. The largest absolute Gasteiger partial charge is 2.00 e. The van der Waals surface area contributed by atoms with E-state index < -0.39 is 0 Å². The Morgan fingerprint density at radius 1 is 1.50 bits per heavy atom. The Morgan fingerprint density at radius 2 is 1.50 bits per heavy atom. The number of hydrogen-bond donors (Lipinski definition) is 1. The van der Waals surface area contributed by atoms with Crippen molar-refractivity contribution in [2.75, 3.05) is 0 Å². The Labute approximate surface area is 48.4 Å². The monoisotopic (exact) mass is 96.0 g/mol. The predicted octanol–water partition coefficient (Wildman–Crippen LogP) is -0.848. The van der Waals surface area contributed by atoms with Crippen LogP contribution in [-0.4, -0.2) is 33.2 Å². The minimum atomic E-state index is 0. The molecule has 0 heterocycles. The Hall–Kier alpha value is 0.976. The van der Waals surface area contributed by atoms with Gasteiger partial charge in [0.25, 0.3) is 0 Å². The summed E-state index contributed by atoms with van der Waals surface area (Å²) in [7, 11) is 0. The molecule has 0 rings (SSSR count). The Kier molecular flexibility index (Phi) is 186. The molecule has 2 nitrogen and oxygen atoms in total. The van der Waals surface area contributed by atoms with Crippen LogP contribution < -0.4 is 0 Å².